The van der Waals surface area contributed by atoms with Crippen molar-refractivity contribution in [3.8, 4) is 5.75 Å². The molecule has 0 spiro atoms. The van der Waals surface area contributed by atoms with Crippen LogP contribution in [0.25, 0.3) is 6.08 Å². The van der Waals surface area contributed by atoms with Crippen LogP contribution in [0.1, 0.15) is 5.56 Å². The first kappa shape index (κ1) is 15.2. The first-order chi connectivity index (χ1) is 10.1. The molecular weight excluding hydrogens is 268 g/mol. The second-order valence-corrected chi connectivity index (χ2v) is 4.52. The summed E-state index contributed by atoms with van der Waals surface area (Å²) >= 11 is 0. The van der Waals surface area contributed by atoms with Gasteiger partial charge in [0.1, 0.15) is 5.75 Å². The zero-order chi connectivity index (χ0) is 15.3. The van der Waals surface area contributed by atoms with Gasteiger partial charge in [-0.1, -0.05) is 24.3 Å². The van der Waals surface area contributed by atoms with Crippen LogP contribution in [-0.4, -0.2) is 32.9 Å². The van der Waals surface area contributed by atoms with E-state index in [-0.39, 0.29) is 5.78 Å². The lowest BCUT2D eigenvalue weighted by atomic mass is 9.97. The predicted octanol–water partition coefficient (Wildman–Crippen LogP) is 2.76. The Labute approximate surface area is 124 Å². The Morgan fingerprint density at radius 3 is 2.52 bits per heavy atom. The van der Waals surface area contributed by atoms with E-state index in [2.05, 4.69) is 0 Å². The van der Waals surface area contributed by atoms with Crippen LogP contribution < -0.4 is 4.74 Å². The van der Waals surface area contributed by atoms with Gasteiger partial charge in [0, 0.05) is 19.8 Å². The second kappa shape index (κ2) is 6.52. The van der Waals surface area contributed by atoms with Crippen molar-refractivity contribution in [1.82, 2.24) is 0 Å². The minimum Gasteiger partial charge on any atom is -0.497 e. The Kier molecular flexibility index (Phi) is 4.73. The molecule has 0 saturated carbocycles. The highest BCUT2D eigenvalue weighted by molar-refractivity contribution is 6.01. The monoisotopic (exact) mass is 286 g/mol. The SMILES string of the molecule is COc1cccc(/C=C/C2=CC(=O)C=CC2(OC)OC)c1. The topological polar surface area (TPSA) is 44.8 Å². The van der Waals surface area contributed by atoms with E-state index < -0.39 is 5.79 Å². The highest BCUT2D eigenvalue weighted by Gasteiger charge is 2.33. The molecule has 1 aromatic carbocycles. The molecule has 0 radical (unpaired) electrons. The standard InChI is InChI=1S/C17H18O4/c1-19-16-6-4-5-13(11-16)7-8-14-12-15(18)9-10-17(14,20-2)21-3/h4-12H,1-3H3/b8-7+. The molecule has 0 amide bonds. The van der Waals surface area contributed by atoms with Crippen LogP contribution in [0.3, 0.4) is 0 Å². The van der Waals surface area contributed by atoms with Crippen LogP contribution in [0.2, 0.25) is 0 Å². The average molecular weight is 286 g/mol. The molecule has 1 aromatic rings. The number of rotatable bonds is 5. The van der Waals surface area contributed by atoms with Gasteiger partial charge in [0.25, 0.3) is 0 Å². The molecule has 0 saturated heterocycles. The van der Waals surface area contributed by atoms with E-state index >= 15 is 0 Å². The van der Waals surface area contributed by atoms with E-state index in [1.807, 2.05) is 36.4 Å². The van der Waals surface area contributed by atoms with Gasteiger partial charge in [-0.3, -0.25) is 4.79 Å². The maximum absolute atomic E-state index is 11.6. The molecule has 110 valence electrons. The Hall–Kier alpha value is -2.17. The highest BCUT2D eigenvalue weighted by Crippen LogP contribution is 2.29. The number of hydrogen-bond acceptors (Lipinski definition) is 4. The third-order valence-electron chi connectivity index (χ3n) is 3.32. The molecule has 0 aromatic heterocycles. The Morgan fingerprint density at radius 1 is 1.10 bits per heavy atom. The summed E-state index contributed by atoms with van der Waals surface area (Å²) in [6.07, 6.45) is 8.25. The number of ether oxygens (including phenoxy) is 3. The number of methoxy groups -OCH3 is 3. The van der Waals surface area contributed by atoms with E-state index in [1.165, 1.54) is 26.4 Å². The second-order valence-electron chi connectivity index (χ2n) is 4.52. The van der Waals surface area contributed by atoms with Crippen molar-refractivity contribution in [3.05, 3.63) is 59.7 Å². The van der Waals surface area contributed by atoms with Crippen molar-refractivity contribution in [2.75, 3.05) is 21.3 Å². The summed E-state index contributed by atoms with van der Waals surface area (Å²) in [5.41, 5.74) is 1.60. The molecule has 0 unspecified atom stereocenters. The molecule has 4 nitrogen and oxygen atoms in total. The molecule has 1 aliphatic rings. The quantitative estimate of drug-likeness (QED) is 0.781. The smallest absolute Gasteiger partial charge is 0.215 e. The average Bonchev–Trinajstić information content (AvgIpc) is 2.53. The van der Waals surface area contributed by atoms with Gasteiger partial charge in [0.2, 0.25) is 5.79 Å². The third-order valence-corrected chi connectivity index (χ3v) is 3.32. The molecule has 0 aliphatic heterocycles. The van der Waals surface area contributed by atoms with Gasteiger partial charge in [0.05, 0.1) is 7.11 Å². The van der Waals surface area contributed by atoms with E-state index in [0.29, 0.717) is 5.57 Å². The summed E-state index contributed by atoms with van der Waals surface area (Å²) in [5.74, 6) is -0.343. The van der Waals surface area contributed by atoms with Crippen LogP contribution in [0.5, 0.6) is 5.75 Å². The lowest BCUT2D eigenvalue weighted by Crippen LogP contribution is -2.35. The number of allylic oxidation sites excluding steroid dienone is 2. The molecule has 21 heavy (non-hydrogen) atoms. The molecule has 0 fully saturated rings. The van der Waals surface area contributed by atoms with Crippen molar-refractivity contribution < 1.29 is 19.0 Å². The molecule has 0 N–H and O–H groups in total. The Morgan fingerprint density at radius 2 is 1.86 bits per heavy atom. The van der Waals surface area contributed by atoms with Crippen molar-refractivity contribution in [2.24, 2.45) is 0 Å². The lowest BCUT2D eigenvalue weighted by molar-refractivity contribution is -0.142. The van der Waals surface area contributed by atoms with Gasteiger partial charge in [0.15, 0.2) is 5.78 Å². The van der Waals surface area contributed by atoms with E-state index in [0.717, 1.165) is 11.3 Å². The summed E-state index contributed by atoms with van der Waals surface area (Å²) in [6, 6.07) is 7.62. The number of ketones is 1. The summed E-state index contributed by atoms with van der Waals surface area (Å²) in [6.45, 7) is 0. The van der Waals surface area contributed by atoms with E-state index in [4.69, 9.17) is 14.2 Å². The fourth-order valence-corrected chi connectivity index (χ4v) is 2.14. The van der Waals surface area contributed by atoms with Crippen LogP contribution in [0, 0.1) is 0 Å². The maximum atomic E-state index is 11.6. The Balaban J connectivity index is 2.30. The molecule has 0 atom stereocenters. The fourth-order valence-electron chi connectivity index (χ4n) is 2.14. The molecule has 0 heterocycles. The molecule has 1 aliphatic carbocycles. The zero-order valence-corrected chi connectivity index (χ0v) is 12.3. The summed E-state index contributed by atoms with van der Waals surface area (Å²) < 4.78 is 16.0. The van der Waals surface area contributed by atoms with Gasteiger partial charge in [-0.05, 0) is 35.9 Å². The van der Waals surface area contributed by atoms with Crippen molar-refractivity contribution >= 4 is 11.9 Å². The molecule has 4 heteroatoms. The fraction of sp³-hybridized carbons (Fsp3) is 0.235. The van der Waals surface area contributed by atoms with E-state index in [9.17, 15) is 4.79 Å². The van der Waals surface area contributed by atoms with Gasteiger partial charge in [-0.15, -0.1) is 0 Å². The third kappa shape index (κ3) is 3.29. The highest BCUT2D eigenvalue weighted by atomic mass is 16.7. The number of carbonyl (C=O) groups excluding carboxylic acids is 1. The van der Waals surface area contributed by atoms with Gasteiger partial charge >= 0.3 is 0 Å². The minimum atomic E-state index is -1.02. The molecular formula is C17H18O4. The van der Waals surface area contributed by atoms with Crippen LogP contribution in [0.4, 0.5) is 0 Å². The normalized spacial score (nSPS) is 17.1. The van der Waals surface area contributed by atoms with Gasteiger partial charge < -0.3 is 14.2 Å². The molecule has 2 rings (SSSR count). The van der Waals surface area contributed by atoms with Gasteiger partial charge in [-0.25, -0.2) is 0 Å². The van der Waals surface area contributed by atoms with Crippen molar-refractivity contribution in [3.63, 3.8) is 0 Å². The largest absolute Gasteiger partial charge is 0.497 e. The van der Waals surface area contributed by atoms with Crippen LogP contribution >= 0.6 is 0 Å². The van der Waals surface area contributed by atoms with Crippen molar-refractivity contribution in [2.45, 2.75) is 5.79 Å². The van der Waals surface area contributed by atoms with Crippen LogP contribution in [-0.2, 0) is 14.3 Å². The first-order valence-corrected chi connectivity index (χ1v) is 6.51. The molecule has 0 bridgehead atoms. The number of benzene rings is 1. The summed E-state index contributed by atoms with van der Waals surface area (Å²) in [7, 11) is 4.70. The first-order valence-electron chi connectivity index (χ1n) is 6.51. The van der Waals surface area contributed by atoms with Crippen molar-refractivity contribution in [1.29, 1.82) is 0 Å². The summed E-state index contributed by atoms with van der Waals surface area (Å²) in [5, 5.41) is 0. The Bertz CT molecular complexity index is 607. The lowest BCUT2D eigenvalue weighted by Gasteiger charge is -2.30. The minimum absolute atomic E-state index is 0.0926. The van der Waals surface area contributed by atoms with E-state index in [1.54, 1.807) is 13.2 Å². The van der Waals surface area contributed by atoms with Gasteiger partial charge in [-0.2, -0.15) is 0 Å². The predicted molar refractivity (Wildman–Crippen MR) is 81.0 cm³/mol. The maximum Gasteiger partial charge on any atom is 0.215 e. The zero-order valence-electron chi connectivity index (χ0n) is 12.3. The number of carbonyl (C=O) groups is 1. The summed E-state index contributed by atoms with van der Waals surface area (Å²) in [4.78, 5) is 11.6. The van der Waals surface area contributed by atoms with Crippen LogP contribution in [0.15, 0.2) is 54.1 Å². The number of hydrogen-bond donors (Lipinski definition) is 0.